The number of ether oxygens (including phenoxy) is 1. The minimum absolute atomic E-state index is 0.0794. The Balaban J connectivity index is 1.73. The third-order valence-electron chi connectivity index (χ3n) is 4.26. The molecule has 0 radical (unpaired) electrons. The van der Waals surface area contributed by atoms with Crippen molar-refractivity contribution in [2.24, 2.45) is 5.92 Å². The highest BCUT2D eigenvalue weighted by Crippen LogP contribution is 2.52. The molecule has 1 saturated carbocycles. The minimum atomic E-state index is -0.792. The molecule has 3 atom stereocenters. The van der Waals surface area contributed by atoms with Gasteiger partial charge in [0.1, 0.15) is 11.2 Å². The molecule has 2 aliphatic rings. The molecule has 2 fully saturated rings. The van der Waals surface area contributed by atoms with Crippen LogP contribution in [0.4, 0.5) is 4.79 Å². The maximum absolute atomic E-state index is 12.2. The van der Waals surface area contributed by atoms with Crippen LogP contribution in [-0.4, -0.2) is 34.3 Å². The number of halogens is 1. The number of likely N-dealkylation sites (tertiary alicyclic amines) is 1. The highest BCUT2D eigenvalue weighted by Gasteiger charge is 2.56. The van der Waals surface area contributed by atoms with Gasteiger partial charge >= 0.3 is 6.09 Å². The van der Waals surface area contributed by atoms with Crippen molar-refractivity contribution >= 4 is 33.4 Å². The van der Waals surface area contributed by atoms with Gasteiger partial charge in [-0.15, -0.1) is 11.3 Å². The second-order valence-electron chi connectivity index (χ2n) is 6.95. The summed E-state index contributed by atoms with van der Waals surface area (Å²) in [5, 5.41) is 11.0. The number of carbonyl (C=O) groups is 1. The minimum Gasteiger partial charge on any atom is -0.444 e. The van der Waals surface area contributed by atoms with Crippen LogP contribution in [0.15, 0.2) is 15.9 Å². The quantitative estimate of drug-likeness (QED) is 0.815. The first-order chi connectivity index (χ1) is 9.69. The van der Waals surface area contributed by atoms with Crippen LogP contribution in [-0.2, 0) is 10.3 Å². The van der Waals surface area contributed by atoms with Crippen LogP contribution in [0.25, 0.3) is 0 Å². The van der Waals surface area contributed by atoms with Gasteiger partial charge in [0.15, 0.2) is 0 Å². The number of hydrogen-bond acceptors (Lipinski definition) is 4. The van der Waals surface area contributed by atoms with Crippen molar-refractivity contribution in [1.82, 2.24) is 4.90 Å². The predicted molar refractivity (Wildman–Crippen MR) is 85.4 cm³/mol. The number of hydrogen-bond donors (Lipinski definition) is 1. The van der Waals surface area contributed by atoms with E-state index in [1.54, 1.807) is 16.2 Å². The van der Waals surface area contributed by atoms with Crippen molar-refractivity contribution in [1.29, 1.82) is 0 Å². The van der Waals surface area contributed by atoms with Crippen molar-refractivity contribution in [3.63, 3.8) is 0 Å². The van der Waals surface area contributed by atoms with Gasteiger partial charge in [-0.3, -0.25) is 0 Å². The molecule has 1 saturated heterocycles. The first-order valence-electron chi connectivity index (χ1n) is 7.17. The Hall–Kier alpha value is -0.590. The van der Waals surface area contributed by atoms with Crippen molar-refractivity contribution < 1.29 is 14.6 Å². The predicted octanol–water partition coefficient (Wildman–Crippen LogP) is 3.73. The summed E-state index contributed by atoms with van der Waals surface area (Å²) in [4.78, 5) is 15.0. The molecule has 1 N–H and O–H groups in total. The molecule has 1 aliphatic heterocycles. The van der Waals surface area contributed by atoms with Crippen LogP contribution in [0.2, 0.25) is 0 Å². The van der Waals surface area contributed by atoms with Gasteiger partial charge in [0, 0.05) is 29.8 Å². The average Bonchev–Trinajstić information content (AvgIpc) is 3.00. The van der Waals surface area contributed by atoms with E-state index in [4.69, 9.17) is 4.74 Å². The smallest absolute Gasteiger partial charge is 0.410 e. The Kier molecular flexibility index (Phi) is 3.62. The van der Waals surface area contributed by atoms with E-state index < -0.39 is 11.2 Å². The highest BCUT2D eigenvalue weighted by molar-refractivity contribution is 9.11. The molecule has 1 aromatic heterocycles. The van der Waals surface area contributed by atoms with Crippen LogP contribution >= 0.6 is 27.3 Å². The Morgan fingerprint density at radius 1 is 1.52 bits per heavy atom. The highest BCUT2D eigenvalue weighted by atomic mass is 79.9. The van der Waals surface area contributed by atoms with Crippen LogP contribution < -0.4 is 0 Å². The topological polar surface area (TPSA) is 49.8 Å². The van der Waals surface area contributed by atoms with Crippen LogP contribution in [0.3, 0.4) is 0 Å². The fraction of sp³-hybridized carbons (Fsp3) is 0.667. The summed E-state index contributed by atoms with van der Waals surface area (Å²) < 4.78 is 6.48. The number of thiophene rings is 1. The zero-order valence-corrected chi connectivity index (χ0v) is 14.8. The third kappa shape index (κ3) is 2.73. The molecule has 1 aliphatic carbocycles. The number of carbonyl (C=O) groups excluding carboxylic acids is 1. The lowest BCUT2D eigenvalue weighted by atomic mass is 9.88. The van der Waals surface area contributed by atoms with Crippen molar-refractivity contribution in [2.75, 3.05) is 6.54 Å². The SMILES string of the molecule is CC(C)(C)OC(=O)N1CC2CC1CC2(O)c1ccc(Br)s1. The molecule has 0 aromatic carbocycles. The molecule has 21 heavy (non-hydrogen) atoms. The fourth-order valence-corrected chi connectivity index (χ4v) is 4.94. The van der Waals surface area contributed by atoms with Gasteiger partial charge in [-0.25, -0.2) is 4.79 Å². The van der Waals surface area contributed by atoms with Gasteiger partial charge in [0.2, 0.25) is 0 Å². The Bertz CT molecular complexity index is 568. The normalized spacial score (nSPS) is 31.8. The molecule has 3 unspecified atom stereocenters. The monoisotopic (exact) mass is 373 g/mol. The van der Waals surface area contributed by atoms with E-state index in [2.05, 4.69) is 15.9 Å². The van der Waals surface area contributed by atoms with Crippen molar-refractivity contribution in [3.8, 4) is 0 Å². The summed E-state index contributed by atoms with van der Waals surface area (Å²) in [6.07, 6.45) is 1.19. The van der Waals surface area contributed by atoms with Gasteiger partial charge in [0.05, 0.1) is 3.79 Å². The zero-order valence-electron chi connectivity index (χ0n) is 12.4. The lowest BCUT2D eigenvalue weighted by Crippen LogP contribution is -2.47. The molecular weight excluding hydrogens is 354 g/mol. The van der Waals surface area contributed by atoms with E-state index in [-0.39, 0.29) is 18.1 Å². The van der Waals surface area contributed by atoms with E-state index in [1.165, 1.54) is 0 Å². The fourth-order valence-electron chi connectivity index (χ4n) is 3.38. The van der Waals surface area contributed by atoms with E-state index in [0.717, 1.165) is 15.1 Å². The van der Waals surface area contributed by atoms with E-state index in [1.807, 2.05) is 32.9 Å². The van der Waals surface area contributed by atoms with E-state index >= 15 is 0 Å². The largest absolute Gasteiger partial charge is 0.444 e. The Morgan fingerprint density at radius 3 is 2.71 bits per heavy atom. The van der Waals surface area contributed by atoms with Gasteiger partial charge in [-0.2, -0.15) is 0 Å². The lowest BCUT2D eigenvalue weighted by molar-refractivity contribution is -0.0415. The average molecular weight is 374 g/mol. The maximum atomic E-state index is 12.2. The number of rotatable bonds is 1. The molecule has 1 aromatic rings. The molecule has 1 amide bonds. The number of amides is 1. The standard InChI is InChI=1S/C15H20BrNO3S/c1-14(2,3)20-13(18)17-8-9-6-10(17)7-15(9,19)11-4-5-12(16)21-11/h4-5,9-10,19H,6-8H2,1-3H3. The summed E-state index contributed by atoms with van der Waals surface area (Å²) in [7, 11) is 0. The second-order valence-corrected chi connectivity index (χ2v) is 9.41. The zero-order chi connectivity index (χ0) is 15.4. The Labute approximate surface area is 137 Å². The molecule has 6 heteroatoms. The molecule has 4 nitrogen and oxygen atoms in total. The molecular formula is C15H20BrNO3S. The summed E-state index contributed by atoms with van der Waals surface area (Å²) in [6, 6.07) is 4.03. The molecule has 3 rings (SSSR count). The van der Waals surface area contributed by atoms with Gasteiger partial charge in [-0.05, 0) is 55.3 Å². The van der Waals surface area contributed by atoms with Crippen molar-refractivity contribution in [3.05, 3.63) is 20.8 Å². The van der Waals surface area contributed by atoms with Crippen molar-refractivity contribution in [2.45, 2.75) is 50.9 Å². The number of aliphatic hydroxyl groups is 1. The first-order valence-corrected chi connectivity index (χ1v) is 8.78. The van der Waals surface area contributed by atoms with Gasteiger partial charge in [0.25, 0.3) is 0 Å². The van der Waals surface area contributed by atoms with Gasteiger partial charge in [-0.1, -0.05) is 0 Å². The van der Waals surface area contributed by atoms with Gasteiger partial charge < -0.3 is 14.7 Å². The van der Waals surface area contributed by atoms with E-state index in [0.29, 0.717) is 13.0 Å². The maximum Gasteiger partial charge on any atom is 0.410 e. The molecule has 2 bridgehead atoms. The third-order valence-corrected chi connectivity index (χ3v) is 6.06. The second kappa shape index (κ2) is 4.96. The lowest BCUT2D eigenvalue weighted by Gasteiger charge is -2.37. The molecule has 0 spiro atoms. The van der Waals surface area contributed by atoms with E-state index in [9.17, 15) is 9.90 Å². The van der Waals surface area contributed by atoms with Crippen LogP contribution in [0.1, 0.15) is 38.5 Å². The summed E-state index contributed by atoms with van der Waals surface area (Å²) in [5.74, 6) is 0.0977. The molecule has 2 heterocycles. The van der Waals surface area contributed by atoms with Crippen LogP contribution in [0.5, 0.6) is 0 Å². The first kappa shape index (κ1) is 15.3. The summed E-state index contributed by atoms with van der Waals surface area (Å²) >= 11 is 5.02. The Morgan fingerprint density at radius 2 is 2.24 bits per heavy atom. The molecule has 116 valence electrons. The number of fused-ring (bicyclic) bond motifs is 2. The summed E-state index contributed by atoms with van der Waals surface area (Å²) in [6.45, 7) is 6.20. The number of piperidine rings is 1. The number of nitrogens with zero attached hydrogens (tertiary/aromatic N) is 1. The van der Waals surface area contributed by atoms with Crippen LogP contribution in [0, 0.1) is 5.92 Å². The summed E-state index contributed by atoms with van der Waals surface area (Å²) in [5.41, 5.74) is -1.27.